The summed E-state index contributed by atoms with van der Waals surface area (Å²) in [6, 6.07) is 24.8. The zero-order valence-corrected chi connectivity index (χ0v) is 11.6. The first-order valence-electron chi connectivity index (χ1n) is 6.55. The van der Waals surface area contributed by atoms with E-state index in [0.29, 0.717) is 0 Å². The maximum Gasteiger partial charge on any atom is 0.142 e. The number of ether oxygens (including phenoxy) is 1. The first-order valence-corrected chi connectivity index (χ1v) is 7.37. The van der Waals surface area contributed by atoms with Gasteiger partial charge in [0.25, 0.3) is 0 Å². The van der Waals surface area contributed by atoms with Crippen molar-refractivity contribution in [3.63, 3.8) is 0 Å². The van der Waals surface area contributed by atoms with Crippen LogP contribution in [0.1, 0.15) is 0 Å². The van der Waals surface area contributed by atoms with Crippen molar-refractivity contribution in [2.24, 2.45) is 0 Å². The van der Waals surface area contributed by atoms with Crippen LogP contribution in [0.15, 0.2) is 82.6 Å². The average molecular weight is 276 g/mol. The van der Waals surface area contributed by atoms with Gasteiger partial charge in [-0.25, -0.2) is 0 Å². The molecule has 0 aromatic heterocycles. The van der Waals surface area contributed by atoms with Gasteiger partial charge in [-0.2, -0.15) is 0 Å². The summed E-state index contributed by atoms with van der Waals surface area (Å²) >= 11 is 1.78. The van der Waals surface area contributed by atoms with Crippen molar-refractivity contribution in [1.82, 2.24) is 0 Å². The van der Waals surface area contributed by atoms with Gasteiger partial charge in [-0.3, -0.25) is 0 Å². The Balaban J connectivity index is 1.87. The number of hydrogen-bond donors (Lipinski definition) is 0. The van der Waals surface area contributed by atoms with Crippen molar-refractivity contribution in [2.45, 2.75) is 9.79 Å². The molecule has 0 unspecified atom stereocenters. The van der Waals surface area contributed by atoms with Crippen LogP contribution in [0.5, 0.6) is 11.5 Å². The predicted octanol–water partition coefficient (Wildman–Crippen LogP) is 5.61. The van der Waals surface area contributed by atoms with Crippen LogP contribution in [0.3, 0.4) is 0 Å². The van der Waals surface area contributed by atoms with Gasteiger partial charge in [0.15, 0.2) is 0 Å². The summed E-state index contributed by atoms with van der Waals surface area (Å²) in [5.74, 6) is 1.88. The standard InChI is InChI=1S/C18H12OS/c1-2-7-13(8-3-1)14-9-6-11-16-18(14)20-17-12-5-4-10-15(17)19-16/h1-12H. The molecule has 3 aromatic rings. The molecular weight excluding hydrogens is 264 g/mol. The zero-order chi connectivity index (χ0) is 13.4. The molecule has 0 amide bonds. The maximum absolute atomic E-state index is 6.02. The van der Waals surface area contributed by atoms with Gasteiger partial charge < -0.3 is 4.74 Å². The summed E-state index contributed by atoms with van der Waals surface area (Å²) in [6.07, 6.45) is 0. The van der Waals surface area contributed by atoms with Crippen molar-refractivity contribution in [3.05, 3.63) is 72.8 Å². The van der Waals surface area contributed by atoms with Crippen LogP contribution in [0.25, 0.3) is 11.1 Å². The molecule has 0 saturated heterocycles. The molecule has 0 radical (unpaired) electrons. The van der Waals surface area contributed by atoms with Gasteiger partial charge in [0.1, 0.15) is 11.5 Å². The highest BCUT2D eigenvalue weighted by atomic mass is 32.2. The third-order valence-electron chi connectivity index (χ3n) is 3.34. The fourth-order valence-electron chi connectivity index (χ4n) is 2.39. The van der Waals surface area contributed by atoms with Crippen LogP contribution in [0.4, 0.5) is 0 Å². The lowest BCUT2D eigenvalue weighted by Crippen LogP contribution is -1.96. The second-order valence-corrected chi connectivity index (χ2v) is 5.70. The predicted molar refractivity (Wildman–Crippen MR) is 82.5 cm³/mol. The summed E-state index contributed by atoms with van der Waals surface area (Å²) < 4.78 is 6.02. The Hall–Kier alpha value is -2.19. The third-order valence-corrected chi connectivity index (χ3v) is 4.53. The number of para-hydroxylation sites is 1. The summed E-state index contributed by atoms with van der Waals surface area (Å²) in [5, 5.41) is 0. The molecular formula is C18H12OS. The first kappa shape index (κ1) is 11.6. The van der Waals surface area contributed by atoms with Crippen LogP contribution in [0.2, 0.25) is 0 Å². The molecule has 0 aliphatic carbocycles. The molecule has 1 heterocycles. The third kappa shape index (κ3) is 1.89. The lowest BCUT2D eigenvalue weighted by atomic mass is 10.1. The second-order valence-electron chi connectivity index (χ2n) is 4.65. The number of fused-ring (bicyclic) bond motifs is 2. The maximum atomic E-state index is 6.02. The van der Waals surface area contributed by atoms with Crippen molar-refractivity contribution in [2.75, 3.05) is 0 Å². The molecule has 1 aliphatic heterocycles. The molecule has 0 N–H and O–H groups in total. The Bertz CT molecular complexity index is 765. The summed E-state index contributed by atoms with van der Waals surface area (Å²) in [5.41, 5.74) is 2.45. The van der Waals surface area contributed by atoms with E-state index in [2.05, 4.69) is 42.5 Å². The summed E-state index contributed by atoms with van der Waals surface area (Å²) in [4.78, 5) is 2.36. The van der Waals surface area contributed by atoms with E-state index in [0.717, 1.165) is 11.5 Å². The second kappa shape index (κ2) is 4.73. The highest BCUT2D eigenvalue weighted by molar-refractivity contribution is 7.99. The fourth-order valence-corrected chi connectivity index (χ4v) is 3.48. The monoisotopic (exact) mass is 276 g/mol. The first-order chi connectivity index (χ1) is 9.92. The smallest absolute Gasteiger partial charge is 0.142 e. The van der Waals surface area contributed by atoms with Crippen LogP contribution >= 0.6 is 11.8 Å². The van der Waals surface area contributed by atoms with Crippen molar-refractivity contribution in [1.29, 1.82) is 0 Å². The van der Waals surface area contributed by atoms with E-state index >= 15 is 0 Å². The van der Waals surface area contributed by atoms with E-state index in [1.165, 1.54) is 20.9 Å². The minimum absolute atomic E-state index is 0.940. The molecule has 0 saturated carbocycles. The normalized spacial score (nSPS) is 12.2. The van der Waals surface area contributed by atoms with E-state index in [1.807, 2.05) is 30.3 Å². The molecule has 96 valence electrons. The molecule has 4 rings (SSSR count). The molecule has 0 bridgehead atoms. The van der Waals surface area contributed by atoms with E-state index < -0.39 is 0 Å². The molecule has 1 nitrogen and oxygen atoms in total. The summed E-state index contributed by atoms with van der Waals surface area (Å²) in [6.45, 7) is 0. The summed E-state index contributed by atoms with van der Waals surface area (Å²) in [7, 11) is 0. The van der Waals surface area contributed by atoms with E-state index in [-0.39, 0.29) is 0 Å². The quantitative estimate of drug-likeness (QED) is 0.447. The Morgan fingerprint density at radius 3 is 2.30 bits per heavy atom. The van der Waals surface area contributed by atoms with Gasteiger partial charge in [0.2, 0.25) is 0 Å². The van der Waals surface area contributed by atoms with Crippen molar-refractivity contribution < 1.29 is 4.74 Å². The Labute approximate surface area is 122 Å². The lowest BCUT2D eigenvalue weighted by Gasteiger charge is -2.21. The van der Waals surface area contributed by atoms with Gasteiger partial charge in [-0.05, 0) is 29.3 Å². The molecule has 0 spiro atoms. The molecule has 20 heavy (non-hydrogen) atoms. The topological polar surface area (TPSA) is 9.23 Å². The Morgan fingerprint density at radius 1 is 0.650 bits per heavy atom. The van der Waals surface area contributed by atoms with Gasteiger partial charge in [0.05, 0.1) is 9.79 Å². The van der Waals surface area contributed by atoms with Gasteiger partial charge >= 0.3 is 0 Å². The van der Waals surface area contributed by atoms with Crippen molar-refractivity contribution in [3.8, 4) is 22.6 Å². The number of benzene rings is 3. The zero-order valence-electron chi connectivity index (χ0n) is 10.7. The minimum atomic E-state index is 0.940. The van der Waals surface area contributed by atoms with E-state index in [9.17, 15) is 0 Å². The van der Waals surface area contributed by atoms with Gasteiger partial charge in [-0.1, -0.05) is 66.4 Å². The van der Waals surface area contributed by atoms with E-state index in [4.69, 9.17) is 4.74 Å². The fraction of sp³-hybridized carbons (Fsp3) is 0. The molecule has 0 atom stereocenters. The Morgan fingerprint density at radius 2 is 1.40 bits per heavy atom. The number of rotatable bonds is 1. The molecule has 3 aromatic carbocycles. The lowest BCUT2D eigenvalue weighted by molar-refractivity contribution is 0.455. The van der Waals surface area contributed by atoms with Gasteiger partial charge in [-0.15, -0.1) is 0 Å². The van der Waals surface area contributed by atoms with Crippen LogP contribution in [-0.2, 0) is 0 Å². The molecule has 1 aliphatic rings. The van der Waals surface area contributed by atoms with Crippen LogP contribution in [-0.4, -0.2) is 0 Å². The largest absolute Gasteiger partial charge is 0.455 e. The van der Waals surface area contributed by atoms with Gasteiger partial charge in [0, 0.05) is 0 Å². The van der Waals surface area contributed by atoms with Crippen LogP contribution in [0, 0.1) is 0 Å². The molecule has 2 heteroatoms. The van der Waals surface area contributed by atoms with E-state index in [1.54, 1.807) is 11.8 Å². The minimum Gasteiger partial charge on any atom is -0.455 e. The molecule has 0 fully saturated rings. The SMILES string of the molecule is c1ccc(-c2cccc3c2Sc2ccccc2O3)cc1. The Kier molecular flexibility index (Phi) is 2.75. The van der Waals surface area contributed by atoms with Crippen molar-refractivity contribution >= 4 is 11.8 Å². The average Bonchev–Trinajstić information content (AvgIpc) is 2.53. The highest BCUT2D eigenvalue weighted by Crippen LogP contribution is 2.50. The highest BCUT2D eigenvalue weighted by Gasteiger charge is 2.20. The van der Waals surface area contributed by atoms with Crippen LogP contribution < -0.4 is 4.74 Å². The number of hydrogen-bond acceptors (Lipinski definition) is 2.